The van der Waals surface area contributed by atoms with E-state index in [1.807, 2.05) is 21.0 Å². The van der Waals surface area contributed by atoms with Crippen LogP contribution in [0, 0.1) is 13.8 Å². The third-order valence-electron chi connectivity index (χ3n) is 3.84. The average Bonchev–Trinajstić information content (AvgIpc) is 2.92. The van der Waals surface area contributed by atoms with E-state index < -0.39 is 0 Å². The number of hydrogen-bond acceptors (Lipinski definition) is 5. The maximum Gasteiger partial charge on any atom is 0.221 e. The van der Waals surface area contributed by atoms with Crippen molar-refractivity contribution in [1.82, 2.24) is 30.4 Å². The highest BCUT2D eigenvalue weighted by atomic mass is 16.1. The fourth-order valence-electron chi connectivity index (χ4n) is 2.35. The number of nitrogens with zero attached hydrogens (tertiary/aromatic N) is 5. The molecular formula is C16H24N6O. The van der Waals surface area contributed by atoms with Crippen LogP contribution in [-0.4, -0.2) is 51.7 Å². The molecule has 7 heteroatoms. The van der Waals surface area contributed by atoms with Gasteiger partial charge in [-0.3, -0.25) is 4.79 Å². The second-order valence-electron chi connectivity index (χ2n) is 5.89. The van der Waals surface area contributed by atoms with Crippen molar-refractivity contribution in [3.63, 3.8) is 0 Å². The van der Waals surface area contributed by atoms with Gasteiger partial charge < -0.3 is 10.2 Å². The minimum absolute atomic E-state index is 0.00105. The van der Waals surface area contributed by atoms with Gasteiger partial charge in [-0.15, -0.1) is 5.10 Å². The lowest BCUT2D eigenvalue weighted by Gasteiger charge is -2.25. The van der Waals surface area contributed by atoms with E-state index >= 15 is 0 Å². The number of amides is 1. The van der Waals surface area contributed by atoms with Crippen molar-refractivity contribution in [2.75, 3.05) is 20.6 Å². The summed E-state index contributed by atoms with van der Waals surface area (Å²) in [5, 5.41) is 14.2. The van der Waals surface area contributed by atoms with Crippen LogP contribution in [0.5, 0.6) is 0 Å². The zero-order valence-electron chi connectivity index (χ0n) is 14.2. The first kappa shape index (κ1) is 17.1. The molecule has 0 radical (unpaired) electrons. The summed E-state index contributed by atoms with van der Waals surface area (Å²) < 4.78 is 1.63. The Morgan fingerprint density at radius 1 is 1.26 bits per heavy atom. The van der Waals surface area contributed by atoms with Crippen LogP contribution in [-0.2, 0) is 11.3 Å². The maximum absolute atomic E-state index is 12.1. The Morgan fingerprint density at radius 3 is 2.52 bits per heavy atom. The summed E-state index contributed by atoms with van der Waals surface area (Å²) in [5.74, 6) is 0.711. The van der Waals surface area contributed by atoms with Gasteiger partial charge in [-0.05, 0) is 43.9 Å². The molecule has 1 atom stereocenters. The second-order valence-corrected chi connectivity index (χ2v) is 5.89. The van der Waals surface area contributed by atoms with Crippen molar-refractivity contribution in [3.8, 4) is 0 Å². The molecule has 1 unspecified atom stereocenters. The standard InChI is InChI=1S/C16H24N6O/c1-12-5-7-14(8-6-12)15(21(3)4)11-17-16(23)9-10-22-13(2)18-19-20-22/h5-8,15H,9-11H2,1-4H3,(H,17,23). The van der Waals surface area contributed by atoms with Crippen LogP contribution in [0.1, 0.15) is 29.4 Å². The Bertz CT molecular complexity index is 634. The van der Waals surface area contributed by atoms with Crippen molar-refractivity contribution >= 4 is 5.91 Å². The van der Waals surface area contributed by atoms with Crippen molar-refractivity contribution in [3.05, 3.63) is 41.2 Å². The summed E-state index contributed by atoms with van der Waals surface area (Å²) in [4.78, 5) is 14.2. The molecule has 0 aliphatic heterocycles. The van der Waals surface area contributed by atoms with E-state index in [0.717, 1.165) is 0 Å². The van der Waals surface area contributed by atoms with Crippen molar-refractivity contribution in [2.24, 2.45) is 0 Å². The van der Waals surface area contributed by atoms with Gasteiger partial charge in [0.15, 0.2) is 0 Å². The molecular weight excluding hydrogens is 292 g/mol. The maximum atomic E-state index is 12.1. The van der Waals surface area contributed by atoms with E-state index in [1.54, 1.807) is 4.68 Å². The monoisotopic (exact) mass is 316 g/mol. The number of nitrogens with one attached hydrogen (secondary N) is 1. The molecule has 0 fully saturated rings. The first-order valence-electron chi connectivity index (χ1n) is 7.70. The molecule has 0 saturated heterocycles. The van der Waals surface area contributed by atoms with E-state index in [1.165, 1.54) is 11.1 Å². The van der Waals surface area contributed by atoms with Crippen LogP contribution in [0.3, 0.4) is 0 Å². The van der Waals surface area contributed by atoms with Crippen molar-refractivity contribution < 1.29 is 4.79 Å². The molecule has 7 nitrogen and oxygen atoms in total. The Balaban J connectivity index is 1.87. The van der Waals surface area contributed by atoms with Crippen LogP contribution >= 0.6 is 0 Å². The van der Waals surface area contributed by atoms with E-state index in [2.05, 4.69) is 56.9 Å². The smallest absolute Gasteiger partial charge is 0.221 e. The molecule has 2 aromatic rings. The van der Waals surface area contributed by atoms with Gasteiger partial charge in [0.1, 0.15) is 5.82 Å². The topological polar surface area (TPSA) is 75.9 Å². The Hall–Kier alpha value is -2.28. The molecule has 124 valence electrons. The largest absolute Gasteiger partial charge is 0.354 e. The van der Waals surface area contributed by atoms with Crippen LogP contribution in [0.2, 0.25) is 0 Å². The lowest BCUT2D eigenvalue weighted by Crippen LogP contribution is -2.35. The molecule has 1 N–H and O–H groups in total. The average molecular weight is 316 g/mol. The van der Waals surface area contributed by atoms with Gasteiger partial charge in [0, 0.05) is 13.0 Å². The number of benzene rings is 1. The van der Waals surface area contributed by atoms with Crippen LogP contribution in [0.25, 0.3) is 0 Å². The number of hydrogen-bond donors (Lipinski definition) is 1. The van der Waals surface area contributed by atoms with Crippen LogP contribution in [0.4, 0.5) is 0 Å². The fourth-order valence-corrected chi connectivity index (χ4v) is 2.35. The fraction of sp³-hybridized carbons (Fsp3) is 0.500. The molecule has 1 aromatic carbocycles. The zero-order valence-corrected chi connectivity index (χ0v) is 14.2. The van der Waals surface area contributed by atoms with Gasteiger partial charge in [0.25, 0.3) is 0 Å². The summed E-state index contributed by atoms with van der Waals surface area (Å²) in [6.07, 6.45) is 0.361. The number of carbonyl (C=O) groups is 1. The summed E-state index contributed by atoms with van der Waals surface area (Å²) in [6, 6.07) is 8.55. The molecule has 1 aromatic heterocycles. The summed E-state index contributed by atoms with van der Waals surface area (Å²) in [7, 11) is 4.03. The zero-order chi connectivity index (χ0) is 16.8. The number of aromatic nitrogens is 4. The van der Waals surface area contributed by atoms with E-state index in [-0.39, 0.29) is 11.9 Å². The molecule has 0 aliphatic carbocycles. The first-order valence-corrected chi connectivity index (χ1v) is 7.70. The predicted octanol–water partition coefficient (Wildman–Crippen LogP) is 1.10. The minimum atomic E-state index is -0.00105. The van der Waals surface area contributed by atoms with Gasteiger partial charge in [-0.2, -0.15) is 0 Å². The minimum Gasteiger partial charge on any atom is -0.354 e. The van der Waals surface area contributed by atoms with E-state index in [4.69, 9.17) is 0 Å². The third kappa shape index (κ3) is 4.85. The number of likely N-dealkylation sites (N-methyl/N-ethyl adjacent to an activating group) is 1. The summed E-state index contributed by atoms with van der Waals surface area (Å²) >= 11 is 0. The second kappa shape index (κ2) is 7.82. The molecule has 0 spiro atoms. The van der Waals surface area contributed by atoms with Crippen LogP contribution in [0.15, 0.2) is 24.3 Å². The van der Waals surface area contributed by atoms with Crippen molar-refractivity contribution in [2.45, 2.75) is 32.9 Å². The first-order chi connectivity index (χ1) is 11.0. The Labute approximate surface area is 136 Å². The molecule has 2 rings (SSSR count). The number of carbonyl (C=O) groups excluding carboxylic acids is 1. The normalized spacial score (nSPS) is 12.4. The van der Waals surface area contributed by atoms with Gasteiger partial charge in [-0.1, -0.05) is 29.8 Å². The number of tetrazole rings is 1. The predicted molar refractivity (Wildman–Crippen MR) is 87.8 cm³/mol. The van der Waals surface area contributed by atoms with E-state index in [0.29, 0.717) is 25.3 Å². The molecule has 23 heavy (non-hydrogen) atoms. The Kier molecular flexibility index (Phi) is 5.81. The molecule has 1 amide bonds. The van der Waals surface area contributed by atoms with Gasteiger partial charge in [-0.25, -0.2) is 4.68 Å². The van der Waals surface area contributed by atoms with Crippen LogP contribution < -0.4 is 5.32 Å². The summed E-state index contributed by atoms with van der Waals surface area (Å²) in [6.45, 7) is 4.94. The highest BCUT2D eigenvalue weighted by Crippen LogP contribution is 2.17. The number of rotatable bonds is 7. The third-order valence-corrected chi connectivity index (χ3v) is 3.84. The Morgan fingerprint density at radius 2 is 1.96 bits per heavy atom. The lowest BCUT2D eigenvalue weighted by atomic mass is 10.0. The highest BCUT2D eigenvalue weighted by Gasteiger charge is 2.15. The van der Waals surface area contributed by atoms with E-state index in [9.17, 15) is 4.79 Å². The SMILES string of the molecule is Cc1ccc(C(CNC(=O)CCn2nnnc2C)N(C)C)cc1. The molecule has 0 saturated carbocycles. The highest BCUT2D eigenvalue weighted by molar-refractivity contribution is 5.75. The van der Waals surface area contributed by atoms with Crippen molar-refractivity contribution in [1.29, 1.82) is 0 Å². The summed E-state index contributed by atoms with van der Waals surface area (Å²) in [5.41, 5.74) is 2.42. The van der Waals surface area contributed by atoms with Gasteiger partial charge >= 0.3 is 0 Å². The molecule has 0 bridgehead atoms. The van der Waals surface area contributed by atoms with Gasteiger partial charge in [0.2, 0.25) is 5.91 Å². The quantitative estimate of drug-likeness (QED) is 0.828. The van der Waals surface area contributed by atoms with Gasteiger partial charge in [0.05, 0.1) is 12.6 Å². The lowest BCUT2D eigenvalue weighted by molar-refractivity contribution is -0.121. The molecule has 0 aliphatic rings. The molecule has 1 heterocycles. The number of aryl methyl sites for hydroxylation is 3.